The van der Waals surface area contributed by atoms with Crippen molar-refractivity contribution in [3.63, 3.8) is 0 Å². The van der Waals surface area contributed by atoms with Gasteiger partial charge in [0.05, 0.1) is 31.1 Å². The van der Waals surface area contributed by atoms with Gasteiger partial charge in [0.25, 0.3) is 0 Å². The van der Waals surface area contributed by atoms with Crippen LogP contribution in [0.25, 0.3) is 16.7 Å². The standard InChI is InChI=1S/C24H29N7O5S/c1-3-7-28-37(34,35)19-13-26-24(27-14-19)30-8-4-18(5-9-30)31-21-20(29(2)22(32)23(31)33)11-17(12-25-21)16-6-10-36-15-16/h6,11-14,18,28H,3-5,7-10,15H2,1-2H3. The van der Waals surface area contributed by atoms with Crippen LogP contribution in [0.3, 0.4) is 0 Å². The van der Waals surface area contributed by atoms with E-state index in [2.05, 4.69) is 19.7 Å². The summed E-state index contributed by atoms with van der Waals surface area (Å²) in [7, 11) is -2.05. The molecule has 5 rings (SSSR count). The maximum atomic E-state index is 13.1. The van der Waals surface area contributed by atoms with Crippen molar-refractivity contribution in [2.24, 2.45) is 7.05 Å². The molecule has 0 aromatic carbocycles. The number of piperidine rings is 1. The minimum atomic E-state index is -3.64. The van der Waals surface area contributed by atoms with Gasteiger partial charge in [-0.1, -0.05) is 13.0 Å². The average molecular weight is 528 g/mol. The lowest BCUT2D eigenvalue weighted by Crippen LogP contribution is -2.45. The van der Waals surface area contributed by atoms with E-state index < -0.39 is 21.1 Å². The summed E-state index contributed by atoms with van der Waals surface area (Å²) < 4.78 is 35.4. The largest absolute Gasteiger partial charge is 0.373 e. The summed E-state index contributed by atoms with van der Waals surface area (Å²) in [6, 6.07) is 1.67. The second-order valence-corrected chi connectivity index (χ2v) is 11.0. The van der Waals surface area contributed by atoms with Crippen LogP contribution in [-0.2, 0) is 21.8 Å². The fourth-order valence-electron chi connectivity index (χ4n) is 4.69. The number of sulfonamides is 1. The number of anilines is 1. The van der Waals surface area contributed by atoms with E-state index in [-0.39, 0.29) is 10.9 Å². The quantitative estimate of drug-likeness (QED) is 0.442. The van der Waals surface area contributed by atoms with E-state index in [1.54, 1.807) is 13.2 Å². The highest BCUT2D eigenvalue weighted by Crippen LogP contribution is 2.27. The van der Waals surface area contributed by atoms with Crippen LogP contribution in [0, 0.1) is 0 Å². The van der Waals surface area contributed by atoms with Crippen LogP contribution in [0.15, 0.2) is 45.2 Å². The van der Waals surface area contributed by atoms with Crippen LogP contribution in [0.2, 0.25) is 0 Å². The molecule has 0 bridgehead atoms. The van der Waals surface area contributed by atoms with Gasteiger partial charge >= 0.3 is 11.1 Å². The van der Waals surface area contributed by atoms with Gasteiger partial charge < -0.3 is 14.2 Å². The number of nitrogens with one attached hydrogen (secondary N) is 1. The molecule has 1 fully saturated rings. The molecule has 0 aliphatic carbocycles. The van der Waals surface area contributed by atoms with Gasteiger partial charge in [-0.05, 0) is 30.9 Å². The van der Waals surface area contributed by atoms with Crippen LogP contribution < -0.4 is 20.7 Å². The zero-order chi connectivity index (χ0) is 26.2. The Labute approximate surface area is 213 Å². The van der Waals surface area contributed by atoms with E-state index in [9.17, 15) is 18.0 Å². The third-order valence-electron chi connectivity index (χ3n) is 6.80. The molecule has 2 aliphatic heterocycles. The highest BCUT2D eigenvalue weighted by atomic mass is 32.2. The number of pyridine rings is 1. The summed E-state index contributed by atoms with van der Waals surface area (Å²) in [5.74, 6) is 0.420. The monoisotopic (exact) mass is 527 g/mol. The molecule has 2 aliphatic rings. The number of nitrogens with zero attached hydrogens (tertiary/aromatic N) is 6. The molecule has 0 spiro atoms. The molecule has 3 aromatic rings. The van der Waals surface area contributed by atoms with Crippen molar-refractivity contribution in [2.45, 2.75) is 37.1 Å². The van der Waals surface area contributed by atoms with Gasteiger partial charge in [-0.25, -0.2) is 28.1 Å². The average Bonchev–Trinajstić information content (AvgIpc) is 3.46. The Morgan fingerprint density at radius 2 is 1.81 bits per heavy atom. The maximum Gasteiger partial charge on any atom is 0.318 e. The number of fused-ring (bicyclic) bond motifs is 1. The molecule has 196 valence electrons. The molecule has 0 saturated carbocycles. The third kappa shape index (κ3) is 4.81. The normalized spacial score (nSPS) is 16.9. The lowest BCUT2D eigenvalue weighted by atomic mass is 10.0. The molecule has 12 nitrogen and oxygen atoms in total. The minimum absolute atomic E-state index is 0.0168. The fourth-order valence-corrected chi connectivity index (χ4v) is 5.71. The van der Waals surface area contributed by atoms with Crippen LogP contribution >= 0.6 is 0 Å². The first-order valence-corrected chi connectivity index (χ1v) is 13.7. The molecule has 13 heteroatoms. The summed E-state index contributed by atoms with van der Waals surface area (Å²) in [6.07, 6.45) is 8.14. The Bertz CT molecular complexity index is 1570. The van der Waals surface area contributed by atoms with Gasteiger partial charge in [-0.3, -0.25) is 14.2 Å². The minimum Gasteiger partial charge on any atom is -0.373 e. The van der Waals surface area contributed by atoms with E-state index in [4.69, 9.17) is 4.74 Å². The smallest absolute Gasteiger partial charge is 0.318 e. The number of hydrogen-bond donors (Lipinski definition) is 1. The number of aromatic nitrogens is 5. The fraction of sp³-hybridized carbons (Fsp3) is 0.458. The van der Waals surface area contributed by atoms with Gasteiger partial charge in [0.15, 0.2) is 5.65 Å². The molecule has 37 heavy (non-hydrogen) atoms. The third-order valence-corrected chi connectivity index (χ3v) is 8.21. The molecule has 0 radical (unpaired) electrons. The Hall–Kier alpha value is -3.42. The van der Waals surface area contributed by atoms with Crippen molar-refractivity contribution in [3.05, 3.63) is 57.0 Å². The van der Waals surface area contributed by atoms with Gasteiger partial charge in [0.1, 0.15) is 4.90 Å². The predicted molar refractivity (Wildman–Crippen MR) is 138 cm³/mol. The molecule has 1 saturated heterocycles. The van der Waals surface area contributed by atoms with Gasteiger partial charge in [0.2, 0.25) is 16.0 Å². The van der Waals surface area contributed by atoms with E-state index in [0.29, 0.717) is 69.2 Å². The molecular weight excluding hydrogens is 498 g/mol. The van der Waals surface area contributed by atoms with Gasteiger partial charge in [-0.15, -0.1) is 0 Å². The molecule has 1 N–H and O–H groups in total. The Kier molecular flexibility index (Phi) is 6.92. The highest BCUT2D eigenvalue weighted by Gasteiger charge is 2.27. The van der Waals surface area contributed by atoms with Crippen molar-refractivity contribution >= 4 is 32.7 Å². The van der Waals surface area contributed by atoms with E-state index >= 15 is 0 Å². The number of hydrogen-bond acceptors (Lipinski definition) is 9. The molecule has 3 aromatic heterocycles. The second kappa shape index (κ2) is 10.1. The van der Waals surface area contributed by atoms with Crippen LogP contribution in [0.4, 0.5) is 5.95 Å². The van der Waals surface area contributed by atoms with Crippen molar-refractivity contribution in [3.8, 4) is 0 Å². The molecule has 5 heterocycles. The van der Waals surface area contributed by atoms with Crippen molar-refractivity contribution < 1.29 is 13.2 Å². The summed E-state index contributed by atoms with van der Waals surface area (Å²) in [5.41, 5.74) is 1.75. The SMILES string of the molecule is CCCNS(=O)(=O)c1cnc(N2CCC(n3c(=O)c(=O)n(C)c4cc(C5=CCOC5)cnc43)CC2)nc1. The summed E-state index contributed by atoms with van der Waals surface area (Å²) >= 11 is 0. The molecule has 0 unspecified atom stereocenters. The predicted octanol–water partition coefficient (Wildman–Crippen LogP) is 0.829. The van der Waals surface area contributed by atoms with E-state index in [0.717, 1.165) is 11.1 Å². The highest BCUT2D eigenvalue weighted by molar-refractivity contribution is 7.89. The van der Waals surface area contributed by atoms with Gasteiger partial charge in [0, 0.05) is 44.5 Å². The number of rotatable bonds is 7. The summed E-state index contributed by atoms with van der Waals surface area (Å²) in [4.78, 5) is 41.0. The Morgan fingerprint density at radius 1 is 1.08 bits per heavy atom. The number of aryl methyl sites for hydroxylation is 1. The van der Waals surface area contributed by atoms with E-state index in [1.807, 2.05) is 24.0 Å². The lowest BCUT2D eigenvalue weighted by Gasteiger charge is -2.33. The van der Waals surface area contributed by atoms with Crippen molar-refractivity contribution in [2.75, 3.05) is 37.7 Å². The van der Waals surface area contributed by atoms with Crippen LogP contribution in [-0.4, -0.2) is 65.4 Å². The maximum absolute atomic E-state index is 13.1. The summed E-state index contributed by atoms with van der Waals surface area (Å²) in [6.45, 7) is 4.34. The zero-order valence-electron chi connectivity index (χ0n) is 20.8. The van der Waals surface area contributed by atoms with Gasteiger partial charge in [-0.2, -0.15) is 0 Å². The lowest BCUT2D eigenvalue weighted by molar-refractivity contribution is 0.216. The van der Waals surface area contributed by atoms with Crippen LogP contribution in [0.5, 0.6) is 0 Å². The molecular formula is C24H29N7O5S. The first-order chi connectivity index (χ1) is 17.8. The van der Waals surface area contributed by atoms with Crippen molar-refractivity contribution in [1.82, 2.24) is 28.8 Å². The second-order valence-electron chi connectivity index (χ2n) is 9.19. The molecule has 0 atom stereocenters. The Balaban J connectivity index is 1.38. The first kappa shape index (κ1) is 25.2. The van der Waals surface area contributed by atoms with E-state index in [1.165, 1.54) is 21.5 Å². The Morgan fingerprint density at radius 3 is 2.46 bits per heavy atom. The zero-order valence-corrected chi connectivity index (χ0v) is 21.6. The number of ether oxygens (including phenoxy) is 1. The van der Waals surface area contributed by atoms with Crippen LogP contribution in [0.1, 0.15) is 37.8 Å². The topological polar surface area (TPSA) is 141 Å². The molecule has 0 amide bonds. The summed E-state index contributed by atoms with van der Waals surface area (Å²) in [5, 5.41) is 0. The van der Waals surface area contributed by atoms with Crippen molar-refractivity contribution in [1.29, 1.82) is 0 Å². The first-order valence-electron chi connectivity index (χ1n) is 12.2.